The molecule has 3 N–H and O–H groups in total. The molecule has 17 nitrogen and oxygen atoms in total. The van der Waals surface area contributed by atoms with Gasteiger partial charge in [0.1, 0.15) is 19.3 Å². The van der Waals surface area contributed by atoms with E-state index in [4.69, 9.17) is 37.0 Å². The first-order valence-corrected chi connectivity index (χ1v) is 43.3. The van der Waals surface area contributed by atoms with Crippen LogP contribution in [-0.4, -0.2) is 96.7 Å². The van der Waals surface area contributed by atoms with Crippen LogP contribution in [-0.2, 0) is 65.4 Å². The highest BCUT2D eigenvalue weighted by Gasteiger charge is 2.30. The molecular weight excluding hydrogens is 1400 g/mol. The molecule has 0 spiro atoms. The molecular formula is C89H140O17P2. The standard InChI is InChI=1S/C89H140O17P2/c1-5-9-13-17-21-25-29-33-37-39-41-43-47-50-54-58-62-66-70-74-87(92)100-80-85(106-89(94)76-72-68-64-60-56-52-48-44-42-40-38-34-30-26-22-18-14-10-6-2)82-104-108(97,98)102-78-83(90)77-101-107(95,96)103-81-84(105-88(93)75-71-67-63-59-55-51-46-36-32-28-24-20-16-12-8-4)79-99-86(91)73-69-65-61-57-53-49-45-35-31-27-23-19-15-11-7-3/h9-11,13-15,21-23,25-27,33-35,37-38,41-45,50,52-54,56-57,62,64-66,68-69,83-85,90H,5-8,12,16-20,24,28-32,36,39-40,46-49,51,55,58-61,63,67,70-82H2,1-4H3,(H,95,96)(H,97,98)/b13-9-,14-10-,15-11-,25-21-,26-22-,27-23-,37-33-,38-34-,43-41-,44-42-,45-35-,54-50-,56-52-,57-53-,66-62-,68-64-,69-65-. The molecule has 0 aromatic heterocycles. The number of carbonyl (C=O) groups excluding carboxylic acids is 4. The van der Waals surface area contributed by atoms with Gasteiger partial charge in [0.15, 0.2) is 12.2 Å². The Kier molecular flexibility index (Phi) is 74.1. The van der Waals surface area contributed by atoms with Gasteiger partial charge in [-0.25, -0.2) is 9.13 Å². The van der Waals surface area contributed by atoms with Gasteiger partial charge in [-0.2, -0.15) is 0 Å². The van der Waals surface area contributed by atoms with Gasteiger partial charge in [0.25, 0.3) is 0 Å². The number of phosphoric acid groups is 2. The summed E-state index contributed by atoms with van der Waals surface area (Å²) >= 11 is 0. The van der Waals surface area contributed by atoms with Crippen LogP contribution in [0.5, 0.6) is 0 Å². The topological polar surface area (TPSA) is 237 Å². The molecule has 0 heterocycles. The van der Waals surface area contributed by atoms with Crippen LogP contribution < -0.4 is 0 Å². The highest BCUT2D eigenvalue weighted by Crippen LogP contribution is 2.45. The van der Waals surface area contributed by atoms with E-state index in [0.29, 0.717) is 38.5 Å². The second kappa shape index (κ2) is 78.8. The zero-order valence-electron chi connectivity index (χ0n) is 66.4. The van der Waals surface area contributed by atoms with Crippen LogP contribution >= 0.6 is 15.6 Å². The Balaban J connectivity index is 5.59. The summed E-state index contributed by atoms with van der Waals surface area (Å²) in [5, 5.41) is 10.6. The highest BCUT2D eigenvalue weighted by molar-refractivity contribution is 7.47. The van der Waals surface area contributed by atoms with E-state index in [1.807, 2.05) is 54.7 Å². The number of hydrogen-bond acceptors (Lipinski definition) is 15. The average molecular weight is 1540 g/mol. The number of aliphatic hydroxyl groups excluding tert-OH is 1. The van der Waals surface area contributed by atoms with Crippen molar-refractivity contribution in [3.63, 3.8) is 0 Å². The minimum absolute atomic E-state index is 0.00972. The number of rotatable bonds is 73. The van der Waals surface area contributed by atoms with E-state index < -0.39 is 97.5 Å². The van der Waals surface area contributed by atoms with Crippen molar-refractivity contribution in [3.8, 4) is 0 Å². The lowest BCUT2D eigenvalue weighted by Crippen LogP contribution is -2.30. The third-order valence-corrected chi connectivity index (χ3v) is 17.7. The molecule has 0 saturated carbocycles. The Morgan fingerprint density at radius 3 is 0.824 bits per heavy atom. The molecule has 0 rings (SSSR count). The first-order valence-electron chi connectivity index (χ1n) is 40.3. The smallest absolute Gasteiger partial charge is 0.462 e. The quantitative estimate of drug-likeness (QED) is 0.0169. The molecule has 5 unspecified atom stereocenters. The van der Waals surface area contributed by atoms with Crippen molar-refractivity contribution in [1.82, 2.24) is 0 Å². The monoisotopic (exact) mass is 1540 g/mol. The molecule has 0 aromatic carbocycles. The Labute approximate surface area is 652 Å². The molecule has 0 aliphatic rings. The maximum absolute atomic E-state index is 13.1. The second-order valence-corrected chi connectivity index (χ2v) is 28.8. The summed E-state index contributed by atoms with van der Waals surface area (Å²) in [5.74, 6) is -2.54. The summed E-state index contributed by atoms with van der Waals surface area (Å²) in [6.07, 6.45) is 98.7. The van der Waals surface area contributed by atoms with E-state index in [2.05, 4.69) is 174 Å². The molecule has 0 aromatic rings. The Bertz CT molecular complexity index is 2860. The van der Waals surface area contributed by atoms with Gasteiger partial charge in [0.2, 0.25) is 0 Å². The fourth-order valence-electron chi connectivity index (χ4n) is 9.82. The number of hydrogen-bond donors (Lipinski definition) is 3. The summed E-state index contributed by atoms with van der Waals surface area (Å²) in [7, 11) is -10.0. The van der Waals surface area contributed by atoms with Gasteiger partial charge < -0.3 is 33.8 Å². The molecule has 0 aliphatic heterocycles. The van der Waals surface area contributed by atoms with Crippen molar-refractivity contribution < 1.29 is 80.2 Å². The van der Waals surface area contributed by atoms with E-state index in [0.717, 1.165) is 116 Å². The molecule has 0 radical (unpaired) electrons. The predicted molar refractivity (Wildman–Crippen MR) is 445 cm³/mol. The van der Waals surface area contributed by atoms with Crippen molar-refractivity contribution >= 4 is 39.5 Å². The molecule has 0 bridgehead atoms. The van der Waals surface area contributed by atoms with Crippen molar-refractivity contribution in [2.45, 2.75) is 290 Å². The number of esters is 4. The van der Waals surface area contributed by atoms with Crippen LogP contribution in [0.4, 0.5) is 0 Å². The van der Waals surface area contributed by atoms with E-state index >= 15 is 0 Å². The lowest BCUT2D eigenvalue weighted by atomic mass is 10.0. The number of aliphatic hydroxyl groups is 1. The predicted octanol–water partition coefficient (Wildman–Crippen LogP) is 23.9. The van der Waals surface area contributed by atoms with Gasteiger partial charge in [-0.15, -0.1) is 0 Å². The summed E-state index contributed by atoms with van der Waals surface area (Å²) in [4.78, 5) is 73.0. The first-order chi connectivity index (χ1) is 52.7. The van der Waals surface area contributed by atoms with Crippen LogP contribution in [0.1, 0.15) is 272 Å². The Morgan fingerprint density at radius 1 is 0.278 bits per heavy atom. The molecule has 5 atom stereocenters. The minimum atomic E-state index is -5.03. The first kappa shape index (κ1) is 102. The molecule has 19 heteroatoms. The van der Waals surface area contributed by atoms with Gasteiger partial charge in [-0.3, -0.25) is 37.3 Å². The zero-order chi connectivity index (χ0) is 78.9. The summed E-state index contributed by atoms with van der Waals surface area (Å²) < 4.78 is 68.3. The maximum Gasteiger partial charge on any atom is 0.472 e. The molecule has 0 fully saturated rings. The zero-order valence-corrected chi connectivity index (χ0v) is 68.2. The second-order valence-electron chi connectivity index (χ2n) is 25.9. The number of ether oxygens (including phenoxy) is 4. The molecule has 0 amide bonds. The SMILES string of the molecule is CC/C=C\C/C=C\C/C=C\C/C=C\C/C=C\C/C=C\CCC(=O)OCC(COP(=O)(O)OCC(O)COP(=O)(O)OCC(COC(=O)C/C=C\C/C=C\C/C=C\C/C=C\C/C=C\CC)OC(=O)CCCCCCCCCCCCCCCCC)OC(=O)CC/C=C\C/C=C\C/C=C\C/C=C\C/C=C\C/C=C\CC. The fourth-order valence-corrected chi connectivity index (χ4v) is 11.4. The van der Waals surface area contributed by atoms with Crippen molar-refractivity contribution in [1.29, 1.82) is 0 Å². The van der Waals surface area contributed by atoms with E-state index in [1.54, 1.807) is 6.08 Å². The fraction of sp³-hybridized carbons (Fsp3) is 0.573. The molecule has 0 aliphatic carbocycles. The van der Waals surface area contributed by atoms with Crippen molar-refractivity contribution in [2.75, 3.05) is 39.6 Å². The number of allylic oxidation sites excluding steroid dienone is 33. The van der Waals surface area contributed by atoms with Gasteiger partial charge in [0, 0.05) is 19.3 Å². The Morgan fingerprint density at radius 2 is 0.519 bits per heavy atom. The molecule has 0 saturated heterocycles. The maximum atomic E-state index is 13.1. The lowest BCUT2D eigenvalue weighted by molar-refractivity contribution is -0.161. The van der Waals surface area contributed by atoms with Gasteiger partial charge in [-0.05, 0) is 128 Å². The molecule has 608 valence electrons. The van der Waals surface area contributed by atoms with Crippen LogP contribution in [0, 0.1) is 0 Å². The Hall–Kier alpha value is -6.36. The highest BCUT2D eigenvalue weighted by atomic mass is 31.2. The van der Waals surface area contributed by atoms with Gasteiger partial charge in [0.05, 0.1) is 32.8 Å². The number of unbranched alkanes of at least 4 members (excludes halogenated alkanes) is 14. The van der Waals surface area contributed by atoms with Crippen molar-refractivity contribution in [2.24, 2.45) is 0 Å². The largest absolute Gasteiger partial charge is 0.472 e. The minimum Gasteiger partial charge on any atom is -0.462 e. The summed E-state index contributed by atoms with van der Waals surface area (Å²) in [5.41, 5.74) is 0. The van der Waals surface area contributed by atoms with Crippen molar-refractivity contribution in [3.05, 3.63) is 207 Å². The third kappa shape index (κ3) is 77.8. The van der Waals surface area contributed by atoms with Crippen LogP contribution in [0.2, 0.25) is 0 Å². The average Bonchev–Trinajstić information content (AvgIpc) is 0.896. The number of phosphoric ester groups is 2. The van der Waals surface area contributed by atoms with E-state index in [-0.39, 0.29) is 25.7 Å². The molecule has 108 heavy (non-hydrogen) atoms. The van der Waals surface area contributed by atoms with E-state index in [1.165, 1.54) is 64.2 Å². The van der Waals surface area contributed by atoms with E-state index in [9.17, 15) is 43.2 Å². The van der Waals surface area contributed by atoms with Crippen LogP contribution in [0.15, 0.2) is 207 Å². The normalized spacial score (nSPS) is 14.9. The van der Waals surface area contributed by atoms with Gasteiger partial charge in [-0.1, -0.05) is 324 Å². The third-order valence-electron chi connectivity index (χ3n) is 15.8. The van der Waals surface area contributed by atoms with Gasteiger partial charge >= 0.3 is 39.5 Å². The number of carbonyl (C=O) groups is 4. The summed E-state index contributed by atoms with van der Waals surface area (Å²) in [6, 6.07) is 0. The summed E-state index contributed by atoms with van der Waals surface area (Å²) in [6.45, 7) is 4.22. The lowest BCUT2D eigenvalue weighted by Gasteiger charge is -2.21. The van der Waals surface area contributed by atoms with Crippen LogP contribution in [0.25, 0.3) is 0 Å². The van der Waals surface area contributed by atoms with Crippen LogP contribution in [0.3, 0.4) is 0 Å².